The molecule has 1 atom stereocenters. The van der Waals surface area contributed by atoms with E-state index in [0.29, 0.717) is 6.92 Å². The van der Waals surface area contributed by atoms with Crippen LogP contribution in [0.3, 0.4) is 0 Å². The molecule has 0 aliphatic heterocycles. The van der Waals surface area contributed by atoms with Crippen LogP contribution in [0.25, 0.3) is 11.5 Å². The summed E-state index contributed by atoms with van der Waals surface area (Å²) in [6.07, 6.45) is -4.86. The zero-order valence-corrected chi connectivity index (χ0v) is 13.8. The van der Waals surface area contributed by atoms with E-state index in [2.05, 4.69) is 25.3 Å². The summed E-state index contributed by atoms with van der Waals surface area (Å²) in [7, 11) is 0. The van der Waals surface area contributed by atoms with Crippen molar-refractivity contribution in [2.75, 3.05) is 10.6 Å². The van der Waals surface area contributed by atoms with E-state index in [1.807, 2.05) is 5.32 Å². The summed E-state index contributed by atoms with van der Waals surface area (Å²) >= 11 is 5.82. The zero-order chi connectivity index (χ0) is 19.8. The number of alkyl halides is 3. The second-order valence-electron chi connectivity index (χ2n) is 5.02. The zero-order valence-electron chi connectivity index (χ0n) is 15.0. The maximum Gasteiger partial charge on any atom is 0.408 e. The Hall–Kier alpha value is -2.16. The highest BCUT2D eigenvalue weighted by atomic mass is 35.5. The van der Waals surface area contributed by atoms with E-state index < -0.39 is 24.2 Å². The Morgan fingerprint density at radius 2 is 1.67 bits per heavy atom. The quantitative estimate of drug-likeness (QED) is 0.788. The second kappa shape index (κ2) is 7.16. The first-order valence-electron chi connectivity index (χ1n) is 7.79. The van der Waals surface area contributed by atoms with Crippen LogP contribution in [-0.2, 0) is 0 Å². The van der Waals surface area contributed by atoms with Crippen LogP contribution in [0.15, 0.2) is 18.2 Å². The van der Waals surface area contributed by atoms with Gasteiger partial charge in [-0.2, -0.15) is 28.1 Å². The van der Waals surface area contributed by atoms with Crippen LogP contribution in [0.2, 0.25) is 5.15 Å². The van der Waals surface area contributed by atoms with E-state index >= 15 is 0 Å². The van der Waals surface area contributed by atoms with Gasteiger partial charge in [-0.1, -0.05) is 17.7 Å². The Kier molecular flexibility index (Phi) is 4.59. The van der Waals surface area contributed by atoms with Gasteiger partial charge in [0.2, 0.25) is 11.9 Å². The third-order valence-electron chi connectivity index (χ3n) is 2.67. The average molecular weight is 363 g/mol. The molecule has 0 spiro atoms. The van der Waals surface area contributed by atoms with Crippen LogP contribution in [0.4, 0.5) is 25.1 Å². The van der Waals surface area contributed by atoms with Crippen molar-refractivity contribution < 1.29 is 15.9 Å². The molecule has 2 N–H and O–H groups in total. The van der Waals surface area contributed by atoms with E-state index in [-0.39, 0.29) is 22.6 Å². The number of hydrogen-bond acceptors (Lipinski definition) is 6. The summed E-state index contributed by atoms with van der Waals surface area (Å²) in [4.78, 5) is 15.8. The summed E-state index contributed by atoms with van der Waals surface area (Å²) in [5.74, 6) is -0.690. The number of nitrogens with one attached hydrogen (secondary N) is 2. The average Bonchev–Trinajstić information content (AvgIpc) is 2.43. The lowest BCUT2D eigenvalue weighted by Crippen LogP contribution is -2.34. The van der Waals surface area contributed by atoms with Crippen molar-refractivity contribution in [3.63, 3.8) is 0 Å². The van der Waals surface area contributed by atoms with E-state index in [1.165, 1.54) is 26.0 Å². The van der Waals surface area contributed by atoms with Crippen LogP contribution >= 0.6 is 11.6 Å². The number of hydrogen-bond donors (Lipinski definition) is 2. The van der Waals surface area contributed by atoms with Crippen LogP contribution in [-0.4, -0.2) is 38.1 Å². The van der Waals surface area contributed by atoms with E-state index in [4.69, 9.17) is 14.3 Å². The summed E-state index contributed by atoms with van der Waals surface area (Å²) in [5, 5.41) is 4.71. The van der Waals surface area contributed by atoms with Gasteiger partial charge in [-0.15, -0.1) is 0 Å². The third kappa shape index (κ3) is 4.92. The number of anilines is 2. The molecule has 0 aliphatic carbocycles. The molecule has 2 aromatic rings. The molecule has 0 fully saturated rings. The topological polar surface area (TPSA) is 75.6 Å². The van der Waals surface area contributed by atoms with E-state index in [9.17, 15) is 13.2 Å². The Bertz CT molecular complexity index is 795. The fourth-order valence-electron chi connectivity index (χ4n) is 1.60. The molecule has 0 amide bonds. The van der Waals surface area contributed by atoms with Crippen molar-refractivity contribution in [1.29, 1.82) is 0 Å². The summed E-state index contributed by atoms with van der Waals surface area (Å²) in [5.41, 5.74) is 0.201. The SMILES string of the molecule is [2H]C(C)(C)Nc1nc(N[C@]([2H])(C)C(F)(F)F)nc(-c2cccc(Cl)n2)n1. The van der Waals surface area contributed by atoms with E-state index in [1.54, 1.807) is 6.07 Å². The lowest BCUT2D eigenvalue weighted by molar-refractivity contribution is -0.138. The largest absolute Gasteiger partial charge is 0.408 e. The van der Waals surface area contributed by atoms with Crippen LogP contribution in [0.1, 0.15) is 23.5 Å². The molecule has 2 aromatic heterocycles. The van der Waals surface area contributed by atoms with Gasteiger partial charge < -0.3 is 10.6 Å². The molecule has 6 nitrogen and oxygen atoms in total. The predicted octanol–water partition coefficient (Wildman–Crippen LogP) is 3.77. The smallest absolute Gasteiger partial charge is 0.352 e. The monoisotopic (exact) mass is 362 g/mol. The van der Waals surface area contributed by atoms with Gasteiger partial charge in [0.25, 0.3) is 0 Å². The molecule has 0 aromatic carbocycles. The molecule has 24 heavy (non-hydrogen) atoms. The van der Waals surface area contributed by atoms with Crippen LogP contribution < -0.4 is 10.6 Å². The Balaban J connectivity index is 2.50. The summed E-state index contributed by atoms with van der Waals surface area (Å²) < 4.78 is 54.2. The second-order valence-corrected chi connectivity index (χ2v) is 5.41. The Morgan fingerprint density at radius 3 is 2.21 bits per heavy atom. The van der Waals surface area contributed by atoms with Crippen molar-refractivity contribution in [3.05, 3.63) is 23.4 Å². The molecular weight excluding hydrogens is 345 g/mol. The summed E-state index contributed by atoms with van der Waals surface area (Å²) in [6, 6.07) is 0.382. The van der Waals surface area contributed by atoms with Crippen molar-refractivity contribution in [3.8, 4) is 11.5 Å². The lowest BCUT2D eigenvalue weighted by Gasteiger charge is -2.18. The molecular formula is C14H16ClF3N6. The molecule has 0 bridgehead atoms. The highest BCUT2D eigenvalue weighted by Gasteiger charge is 2.36. The van der Waals surface area contributed by atoms with Crippen LogP contribution in [0.5, 0.6) is 0 Å². The Morgan fingerprint density at radius 1 is 1.04 bits per heavy atom. The molecule has 130 valence electrons. The Labute approximate surface area is 144 Å². The molecule has 0 unspecified atom stereocenters. The first-order chi connectivity index (χ1) is 11.8. The first kappa shape index (κ1) is 15.4. The van der Waals surface area contributed by atoms with Gasteiger partial charge >= 0.3 is 6.18 Å². The minimum absolute atomic E-state index is 0.0604. The van der Waals surface area contributed by atoms with Gasteiger partial charge in [-0.05, 0) is 32.9 Å². The normalized spacial score (nSPS) is 16.0. The fourth-order valence-corrected chi connectivity index (χ4v) is 1.76. The van der Waals surface area contributed by atoms with Crippen molar-refractivity contribution in [2.24, 2.45) is 0 Å². The van der Waals surface area contributed by atoms with Gasteiger partial charge in [0.1, 0.15) is 16.9 Å². The fraction of sp³-hybridized carbons (Fsp3) is 0.429. The van der Waals surface area contributed by atoms with E-state index in [0.717, 1.165) is 0 Å². The molecule has 0 saturated carbocycles. The number of rotatable bonds is 5. The molecule has 2 heterocycles. The van der Waals surface area contributed by atoms with Crippen LogP contribution in [0, 0.1) is 0 Å². The maximum absolute atomic E-state index is 13.0. The predicted molar refractivity (Wildman–Crippen MR) is 86.0 cm³/mol. The minimum Gasteiger partial charge on any atom is -0.352 e. The lowest BCUT2D eigenvalue weighted by atomic mass is 10.3. The number of nitrogens with zero attached hydrogens (tertiary/aromatic N) is 4. The molecule has 2 rings (SSSR count). The molecule has 0 radical (unpaired) electrons. The highest BCUT2D eigenvalue weighted by molar-refractivity contribution is 6.29. The molecule has 0 aliphatic rings. The third-order valence-corrected chi connectivity index (χ3v) is 2.88. The number of pyridine rings is 1. The molecule has 10 heteroatoms. The standard InChI is InChI=1S/C14H16ClF3N6/c1-7(2)19-12-22-11(9-5-4-6-10(15)21-9)23-13(24-12)20-8(3)14(16,17)18/h4-8H,1-3H3,(H2,19,20,22,23,24)/t8-/m1/s1/i7D,8D. The number of aromatic nitrogens is 4. The van der Waals surface area contributed by atoms with Gasteiger partial charge in [0.05, 0.1) is 2.74 Å². The minimum atomic E-state index is -4.86. The van der Waals surface area contributed by atoms with Crippen molar-refractivity contribution in [1.82, 2.24) is 19.9 Å². The first-order valence-corrected chi connectivity index (χ1v) is 7.17. The van der Waals surface area contributed by atoms with Crippen molar-refractivity contribution >= 4 is 23.5 Å². The van der Waals surface area contributed by atoms with Gasteiger partial charge in [0, 0.05) is 6.02 Å². The maximum atomic E-state index is 13.0. The van der Waals surface area contributed by atoms with Gasteiger partial charge in [-0.3, -0.25) is 0 Å². The highest BCUT2D eigenvalue weighted by Crippen LogP contribution is 2.24. The van der Waals surface area contributed by atoms with Crippen molar-refractivity contribution in [2.45, 2.75) is 39.0 Å². The molecule has 0 saturated heterocycles. The number of halogens is 4. The van der Waals surface area contributed by atoms with Gasteiger partial charge in [-0.25, -0.2) is 4.98 Å². The summed E-state index contributed by atoms with van der Waals surface area (Å²) in [6.45, 7) is 3.65. The van der Waals surface area contributed by atoms with Gasteiger partial charge in [0.15, 0.2) is 5.82 Å².